The molecule has 0 saturated carbocycles. The van der Waals surface area contributed by atoms with Crippen LogP contribution < -0.4 is 5.32 Å². The number of carbonyl (C=O) groups is 2. The van der Waals surface area contributed by atoms with Crippen molar-refractivity contribution in [3.05, 3.63) is 11.6 Å². The van der Waals surface area contributed by atoms with Gasteiger partial charge in [-0.15, -0.1) is 11.3 Å². The van der Waals surface area contributed by atoms with Gasteiger partial charge in [-0.3, -0.25) is 9.59 Å². The number of hydrogen-bond donors (Lipinski definition) is 1. The minimum Gasteiger partial charge on any atom is -0.331 e. The average molecular weight is 283 g/mol. The van der Waals surface area contributed by atoms with Crippen LogP contribution >= 0.6 is 11.3 Å². The van der Waals surface area contributed by atoms with Gasteiger partial charge >= 0.3 is 0 Å². The van der Waals surface area contributed by atoms with Crippen LogP contribution in [0.1, 0.15) is 40.0 Å². The molecule has 6 heteroatoms. The second-order valence-electron chi connectivity index (χ2n) is 4.41. The third-order valence-electron chi connectivity index (χ3n) is 2.90. The van der Waals surface area contributed by atoms with Gasteiger partial charge in [-0.2, -0.15) is 0 Å². The Bertz CT molecular complexity index is 406. The molecule has 0 aliphatic rings. The second kappa shape index (κ2) is 7.89. The number of amides is 2. The van der Waals surface area contributed by atoms with Crippen LogP contribution in [0.15, 0.2) is 11.6 Å². The summed E-state index contributed by atoms with van der Waals surface area (Å²) in [4.78, 5) is 29.6. The normalized spacial score (nSPS) is 11.9. The summed E-state index contributed by atoms with van der Waals surface area (Å²) in [5.74, 6) is -0.161. The molecule has 2 amide bonds. The molecule has 1 N–H and O–H groups in total. The van der Waals surface area contributed by atoms with E-state index in [0.717, 1.165) is 12.8 Å². The van der Waals surface area contributed by atoms with E-state index in [1.165, 1.54) is 11.3 Å². The highest BCUT2D eigenvalue weighted by Crippen LogP contribution is 2.12. The number of nitrogens with zero attached hydrogens (tertiary/aromatic N) is 2. The predicted octanol–water partition coefficient (Wildman–Crippen LogP) is 2.51. The fraction of sp³-hybridized carbons (Fsp3) is 0.615. The third-order valence-corrected chi connectivity index (χ3v) is 3.59. The summed E-state index contributed by atoms with van der Waals surface area (Å²) >= 11 is 1.36. The SMILES string of the molecule is CCCC(=O)N(CC(=O)Nc1nccs1)C(C)CC. The zero-order valence-corrected chi connectivity index (χ0v) is 12.5. The van der Waals surface area contributed by atoms with E-state index in [-0.39, 0.29) is 24.4 Å². The van der Waals surface area contributed by atoms with Crippen molar-refractivity contribution >= 4 is 28.3 Å². The Labute approximate surface area is 118 Å². The van der Waals surface area contributed by atoms with Gasteiger partial charge < -0.3 is 10.2 Å². The first-order valence-electron chi connectivity index (χ1n) is 6.57. The molecule has 1 aromatic heterocycles. The van der Waals surface area contributed by atoms with Crippen molar-refractivity contribution in [2.24, 2.45) is 0 Å². The molecule has 1 aromatic rings. The summed E-state index contributed by atoms with van der Waals surface area (Å²) < 4.78 is 0. The minimum atomic E-state index is -0.195. The summed E-state index contributed by atoms with van der Waals surface area (Å²) in [6.45, 7) is 6.02. The highest BCUT2D eigenvalue weighted by molar-refractivity contribution is 7.13. The molecule has 106 valence electrons. The highest BCUT2D eigenvalue weighted by Gasteiger charge is 2.21. The van der Waals surface area contributed by atoms with Crippen molar-refractivity contribution in [1.82, 2.24) is 9.88 Å². The van der Waals surface area contributed by atoms with Crippen molar-refractivity contribution in [3.63, 3.8) is 0 Å². The van der Waals surface area contributed by atoms with Gasteiger partial charge in [-0.25, -0.2) is 4.98 Å². The van der Waals surface area contributed by atoms with Crippen molar-refractivity contribution in [1.29, 1.82) is 0 Å². The smallest absolute Gasteiger partial charge is 0.245 e. The summed E-state index contributed by atoms with van der Waals surface area (Å²) in [5.41, 5.74) is 0. The second-order valence-corrected chi connectivity index (χ2v) is 5.31. The number of aromatic nitrogens is 1. The van der Waals surface area contributed by atoms with Crippen molar-refractivity contribution in [2.45, 2.75) is 46.1 Å². The van der Waals surface area contributed by atoms with Gasteiger partial charge in [-0.1, -0.05) is 13.8 Å². The van der Waals surface area contributed by atoms with E-state index >= 15 is 0 Å². The van der Waals surface area contributed by atoms with Gasteiger partial charge in [0.15, 0.2) is 5.13 Å². The fourth-order valence-corrected chi connectivity index (χ4v) is 2.21. The molecule has 0 radical (unpaired) electrons. The Balaban J connectivity index is 2.61. The van der Waals surface area contributed by atoms with Gasteiger partial charge in [-0.05, 0) is 19.8 Å². The molecule has 5 nitrogen and oxygen atoms in total. The number of thiazole rings is 1. The quantitative estimate of drug-likeness (QED) is 0.836. The molecule has 0 bridgehead atoms. The number of rotatable bonds is 7. The largest absolute Gasteiger partial charge is 0.331 e. The van der Waals surface area contributed by atoms with E-state index in [4.69, 9.17) is 0 Å². The molecule has 0 fully saturated rings. The standard InChI is InChI=1S/C13H21N3O2S/c1-4-6-12(18)16(10(3)5-2)9-11(17)15-13-14-7-8-19-13/h7-8,10H,4-6,9H2,1-3H3,(H,14,15,17). The van der Waals surface area contributed by atoms with Crippen molar-refractivity contribution < 1.29 is 9.59 Å². The van der Waals surface area contributed by atoms with E-state index in [0.29, 0.717) is 11.6 Å². The summed E-state index contributed by atoms with van der Waals surface area (Å²) in [6.07, 6.45) is 3.74. The summed E-state index contributed by atoms with van der Waals surface area (Å²) in [6, 6.07) is 0.0705. The van der Waals surface area contributed by atoms with Crippen LogP contribution in [-0.2, 0) is 9.59 Å². The fourth-order valence-electron chi connectivity index (χ4n) is 1.67. The monoisotopic (exact) mass is 283 g/mol. The average Bonchev–Trinajstić information content (AvgIpc) is 2.88. The number of nitrogens with one attached hydrogen (secondary N) is 1. The zero-order chi connectivity index (χ0) is 14.3. The molecular weight excluding hydrogens is 262 g/mol. The topological polar surface area (TPSA) is 62.3 Å². The lowest BCUT2D eigenvalue weighted by Crippen LogP contribution is -2.43. The van der Waals surface area contributed by atoms with Crippen LogP contribution in [0.5, 0.6) is 0 Å². The van der Waals surface area contributed by atoms with Gasteiger partial charge in [0.2, 0.25) is 11.8 Å². The predicted molar refractivity (Wildman–Crippen MR) is 77.1 cm³/mol. The molecule has 19 heavy (non-hydrogen) atoms. The number of anilines is 1. The van der Waals surface area contributed by atoms with Crippen LogP contribution in [-0.4, -0.2) is 34.3 Å². The Kier molecular flexibility index (Phi) is 6.49. The lowest BCUT2D eigenvalue weighted by atomic mass is 10.2. The summed E-state index contributed by atoms with van der Waals surface area (Å²) in [5, 5.41) is 5.07. The summed E-state index contributed by atoms with van der Waals surface area (Å²) in [7, 11) is 0. The molecule has 0 saturated heterocycles. The molecule has 1 atom stereocenters. The van der Waals surface area contributed by atoms with Crippen LogP contribution in [0.3, 0.4) is 0 Å². The van der Waals surface area contributed by atoms with Crippen LogP contribution in [0.25, 0.3) is 0 Å². The Hall–Kier alpha value is -1.43. The lowest BCUT2D eigenvalue weighted by Gasteiger charge is -2.27. The van der Waals surface area contributed by atoms with E-state index in [1.54, 1.807) is 16.5 Å². The third kappa shape index (κ3) is 4.98. The maximum absolute atomic E-state index is 12.0. The highest BCUT2D eigenvalue weighted by atomic mass is 32.1. The number of carbonyl (C=O) groups excluding carboxylic acids is 2. The minimum absolute atomic E-state index is 0.0335. The molecule has 1 rings (SSSR count). The van der Waals surface area contributed by atoms with Gasteiger partial charge in [0.05, 0.1) is 0 Å². The first kappa shape index (κ1) is 15.6. The van der Waals surface area contributed by atoms with E-state index in [9.17, 15) is 9.59 Å². The lowest BCUT2D eigenvalue weighted by molar-refractivity contribution is -0.136. The Morgan fingerprint density at radius 2 is 2.21 bits per heavy atom. The van der Waals surface area contributed by atoms with Crippen molar-refractivity contribution in [2.75, 3.05) is 11.9 Å². The van der Waals surface area contributed by atoms with Crippen LogP contribution in [0.4, 0.5) is 5.13 Å². The Morgan fingerprint density at radius 1 is 1.47 bits per heavy atom. The van der Waals surface area contributed by atoms with E-state index in [1.807, 2.05) is 20.8 Å². The molecule has 0 spiro atoms. The zero-order valence-electron chi connectivity index (χ0n) is 11.7. The molecule has 0 aliphatic carbocycles. The first-order chi connectivity index (χ1) is 9.08. The molecule has 1 unspecified atom stereocenters. The molecular formula is C13H21N3O2S. The van der Waals surface area contributed by atoms with Gasteiger partial charge in [0, 0.05) is 24.0 Å². The van der Waals surface area contributed by atoms with Gasteiger partial charge in [0.1, 0.15) is 6.54 Å². The van der Waals surface area contributed by atoms with Gasteiger partial charge in [0.25, 0.3) is 0 Å². The van der Waals surface area contributed by atoms with E-state index in [2.05, 4.69) is 10.3 Å². The maximum Gasteiger partial charge on any atom is 0.245 e. The Morgan fingerprint density at radius 3 is 2.74 bits per heavy atom. The number of hydrogen-bond acceptors (Lipinski definition) is 4. The van der Waals surface area contributed by atoms with E-state index < -0.39 is 0 Å². The maximum atomic E-state index is 12.0. The van der Waals surface area contributed by atoms with Crippen LogP contribution in [0.2, 0.25) is 0 Å². The molecule has 1 heterocycles. The first-order valence-corrected chi connectivity index (χ1v) is 7.45. The van der Waals surface area contributed by atoms with Crippen LogP contribution in [0, 0.1) is 0 Å². The molecule has 0 aromatic carbocycles. The van der Waals surface area contributed by atoms with Crippen molar-refractivity contribution in [3.8, 4) is 0 Å². The molecule has 0 aliphatic heterocycles.